The number of pyridine rings is 2. The third kappa shape index (κ3) is 3.80. The van der Waals surface area contributed by atoms with Crippen LogP contribution in [0.5, 0.6) is 5.75 Å². The number of carbonyl (C=O) groups is 1. The maximum atomic E-state index is 13.1. The van der Waals surface area contributed by atoms with Crippen molar-refractivity contribution in [2.24, 2.45) is 0 Å². The Morgan fingerprint density at radius 2 is 2.00 bits per heavy atom. The second-order valence-electron chi connectivity index (χ2n) is 8.21. The number of H-pyrrole nitrogens is 1. The lowest BCUT2D eigenvalue weighted by Gasteiger charge is -2.12. The third-order valence-corrected chi connectivity index (χ3v) is 5.77. The molecule has 4 rings (SSSR count). The second-order valence-corrected chi connectivity index (χ2v) is 8.21. The van der Waals surface area contributed by atoms with Gasteiger partial charge in [0, 0.05) is 57.7 Å². The highest BCUT2D eigenvalue weighted by Gasteiger charge is 2.26. The molecule has 154 valence electrons. The number of rotatable bonds is 5. The van der Waals surface area contributed by atoms with Crippen LogP contribution in [0.25, 0.3) is 11.1 Å². The molecule has 0 spiro atoms. The Morgan fingerprint density at radius 3 is 2.70 bits per heavy atom. The van der Waals surface area contributed by atoms with Gasteiger partial charge in [0.15, 0.2) is 5.78 Å². The number of hydrogen-bond acceptors (Lipinski definition) is 4. The molecule has 0 bridgehead atoms. The van der Waals surface area contributed by atoms with Gasteiger partial charge in [-0.3, -0.25) is 14.6 Å². The summed E-state index contributed by atoms with van der Waals surface area (Å²) < 4.78 is 5.95. The number of aromatic amines is 1. The molecule has 0 radical (unpaired) electrons. The van der Waals surface area contributed by atoms with Crippen LogP contribution in [0.4, 0.5) is 0 Å². The van der Waals surface area contributed by atoms with E-state index in [0.29, 0.717) is 24.2 Å². The number of benzene rings is 1. The number of hydrogen-bond donors (Lipinski definition) is 1. The van der Waals surface area contributed by atoms with E-state index in [2.05, 4.69) is 16.9 Å². The Balaban J connectivity index is 1.67. The first-order valence-electron chi connectivity index (χ1n) is 10.3. The van der Waals surface area contributed by atoms with Gasteiger partial charge < -0.3 is 9.72 Å². The van der Waals surface area contributed by atoms with Gasteiger partial charge in [-0.1, -0.05) is 13.0 Å². The zero-order valence-corrected chi connectivity index (χ0v) is 17.8. The maximum absolute atomic E-state index is 13.1. The van der Waals surface area contributed by atoms with E-state index in [0.717, 1.165) is 39.4 Å². The number of Topliss-reactive ketones (excluding diaryl/α,β-unsaturated/α-hetero) is 1. The average molecular weight is 402 g/mol. The molecule has 0 saturated heterocycles. The molecule has 0 aliphatic carbocycles. The molecule has 1 aliphatic rings. The second kappa shape index (κ2) is 7.90. The standard InChI is InChI=1S/C25H26N2O3/c1-14-9-17(4)27-25(29)20(14)7-8-23(28)19-10-21-15(2)13-30-24(21)22(11-19)18-6-5-16(3)26-12-18/h5-6,9-12,15H,7-8,13H2,1-4H3,(H,27,29). The summed E-state index contributed by atoms with van der Waals surface area (Å²) in [6.07, 6.45) is 2.53. The van der Waals surface area contributed by atoms with Gasteiger partial charge in [-0.2, -0.15) is 0 Å². The molecule has 1 atom stereocenters. The molecule has 1 aliphatic heterocycles. The first-order valence-corrected chi connectivity index (χ1v) is 10.3. The predicted octanol–water partition coefficient (Wildman–Crippen LogP) is 4.67. The largest absolute Gasteiger partial charge is 0.492 e. The van der Waals surface area contributed by atoms with Crippen molar-refractivity contribution in [3.63, 3.8) is 0 Å². The van der Waals surface area contributed by atoms with Gasteiger partial charge in [-0.25, -0.2) is 0 Å². The van der Waals surface area contributed by atoms with E-state index in [1.54, 1.807) is 0 Å². The third-order valence-electron chi connectivity index (χ3n) is 5.77. The molecule has 2 aromatic heterocycles. The summed E-state index contributed by atoms with van der Waals surface area (Å²) in [5, 5.41) is 0. The number of ketones is 1. The van der Waals surface area contributed by atoms with Crippen molar-refractivity contribution in [3.05, 3.63) is 80.5 Å². The van der Waals surface area contributed by atoms with Gasteiger partial charge in [-0.05, 0) is 57.0 Å². The molecule has 0 saturated carbocycles. The van der Waals surface area contributed by atoms with Crippen molar-refractivity contribution < 1.29 is 9.53 Å². The summed E-state index contributed by atoms with van der Waals surface area (Å²) >= 11 is 0. The molecule has 3 heterocycles. The van der Waals surface area contributed by atoms with Crippen molar-refractivity contribution >= 4 is 5.78 Å². The normalized spacial score (nSPS) is 15.0. The quantitative estimate of drug-likeness (QED) is 0.629. The minimum atomic E-state index is -0.109. The minimum absolute atomic E-state index is 0.0256. The lowest BCUT2D eigenvalue weighted by Crippen LogP contribution is -2.17. The van der Waals surface area contributed by atoms with Crippen LogP contribution in [0.15, 0.2) is 41.3 Å². The number of nitrogens with one attached hydrogen (secondary N) is 1. The Kier molecular flexibility index (Phi) is 5.29. The number of nitrogens with zero attached hydrogens (tertiary/aromatic N) is 1. The summed E-state index contributed by atoms with van der Waals surface area (Å²) in [4.78, 5) is 32.6. The van der Waals surface area contributed by atoms with Gasteiger partial charge in [0.1, 0.15) is 5.75 Å². The van der Waals surface area contributed by atoms with E-state index in [1.807, 2.05) is 57.3 Å². The summed E-state index contributed by atoms with van der Waals surface area (Å²) in [7, 11) is 0. The first kappa shape index (κ1) is 20.1. The fraction of sp³-hybridized carbons (Fsp3) is 0.320. The zero-order valence-electron chi connectivity index (χ0n) is 17.8. The van der Waals surface area contributed by atoms with Crippen LogP contribution < -0.4 is 10.3 Å². The Hall–Kier alpha value is -3.21. The highest BCUT2D eigenvalue weighted by Crippen LogP contribution is 2.42. The smallest absolute Gasteiger partial charge is 0.251 e. The van der Waals surface area contributed by atoms with Crippen LogP contribution in [-0.4, -0.2) is 22.4 Å². The van der Waals surface area contributed by atoms with Crippen LogP contribution in [0.2, 0.25) is 0 Å². The SMILES string of the molecule is Cc1ccc(-c2cc(C(=O)CCc3c(C)cc(C)[nH]c3=O)cc3c2OCC3C)cn1. The summed E-state index contributed by atoms with van der Waals surface area (Å²) in [6.45, 7) is 8.43. The molecule has 1 N–H and O–H groups in total. The first-order chi connectivity index (χ1) is 14.3. The van der Waals surface area contributed by atoms with Crippen molar-refractivity contribution in [3.8, 4) is 16.9 Å². The number of carbonyl (C=O) groups excluding carboxylic acids is 1. The predicted molar refractivity (Wildman–Crippen MR) is 118 cm³/mol. The molecular formula is C25H26N2O3. The van der Waals surface area contributed by atoms with E-state index in [4.69, 9.17) is 4.74 Å². The van der Waals surface area contributed by atoms with Crippen molar-refractivity contribution in [2.45, 2.75) is 46.5 Å². The molecular weight excluding hydrogens is 376 g/mol. The van der Waals surface area contributed by atoms with Crippen LogP contribution in [-0.2, 0) is 6.42 Å². The molecule has 1 unspecified atom stereocenters. The molecule has 30 heavy (non-hydrogen) atoms. The molecule has 0 fully saturated rings. The van der Waals surface area contributed by atoms with Crippen LogP contribution in [0, 0.1) is 20.8 Å². The highest BCUT2D eigenvalue weighted by molar-refractivity contribution is 5.98. The van der Waals surface area contributed by atoms with Gasteiger partial charge in [0.25, 0.3) is 5.56 Å². The van der Waals surface area contributed by atoms with Crippen LogP contribution >= 0.6 is 0 Å². The highest BCUT2D eigenvalue weighted by atomic mass is 16.5. The fourth-order valence-electron chi connectivity index (χ4n) is 4.05. The Morgan fingerprint density at radius 1 is 1.20 bits per heavy atom. The monoisotopic (exact) mass is 402 g/mol. The van der Waals surface area contributed by atoms with Gasteiger partial charge >= 0.3 is 0 Å². The average Bonchev–Trinajstić information content (AvgIpc) is 3.08. The maximum Gasteiger partial charge on any atom is 0.251 e. The number of ether oxygens (including phenoxy) is 1. The Bertz CT molecular complexity index is 1180. The minimum Gasteiger partial charge on any atom is -0.492 e. The summed E-state index contributed by atoms with van der Waals surface area (Å²) in [5.41, 5.74) is 6.81. The molecule has 5 nitrogen and oxygen atoms in total. The topological polar surface area (TPSA) is 72.0 Å². The van der Waals surface area contributed by atoms with Gasteiger partial charge in [0.2, 0.25) is 0 Å². The molecule has 1 aromatic carbocycles. The number of aryl methyl sites for hydroxylation is 3. The zero-order chi connectivity index (χ0) is 21.4. The molecule has 5 heteroatoms. The van der Waals surface area contributed by atoms with Crippen LogP contribution in [0.3, 0.4) is 0 Å². The Labute approximate surface area is 176 Å². The van der Waals surface area contributed by atoms with E-state index >= 15 is 0 Å². The molecule has 3 aromatic rings. The van der Waals surface area contributed by atoms with Crippen molar-refractivity contribution in [2.75, 3.05) is 6.61 Å². The van der Waals surface area contributed by atoms with Gasteiger partial charge in [0.05, 0.1) is 6.61 Å². The van der Waals surface area contributed by atoms with E-state index in [1.165, 1.54) is 0 Å². The lowest BCUT2D eigenvalue weighted by molar-refractivity contribution is 0.0982. The van der Waals surface area contributed by atoms with Gasteiger partial charge in [-0.15, -0.1) is 0 Å². The summed E-state index contributed by atoms with van der Waals surface area (Å²) in [6, 6.07) is 9.76. The summed E-state index contributed by atoms with van der Waals surface area (Å²) in [5.74, 6) is 1.10. The molecule has 0 amide bonds. The number of aromatic nitrogens is 2. The lowest BCUT2D eigenvalue weighted by atomic mass is 9.92. The van der Waals surface area contributed by atoms with Crippen LogP contribution in [0.1, 0.15) is 57.7 Å². The van der Waals surface area contributed by atoms with Crippen molar-refractivity contribution in [1.82, 2.24) is 9.97 Å². The van der Waals surface area contributed by atoms with E-state index in [9.17, 15) is 9.59 Å². The van der Waals surface area contributed by atoms with E-state index < -0.39 is 0 Å². The number of fused-ring (bicyclic) bond motifs is 1. The van der Waals surface area contributed by atoms with E-state index in [-0.39, 0.29) is 23.7 Å². The fourth-order valence-corrected chi connectivity index (χ4v) is 4.05. The van der Waals surface area contributed by atoms with Crippen molar-refractivity contribution in [1.29, 1.82) is 0 Å².